The normalized spacial score (nSPS) is 32.9. The lowest BCUT2D eigenvalue weighted by Gasteiger charge is -2.36. The van der Waals surface area contributed by atoms with Crippen molar-refractivity contribution in [3.8, 4) is 6.07 Å². The quantitative estimate of drug-likeness (QED) is 0.752. The van der Waals surface area contributed by atoms with Crippen LogP contribution in [0.4, 0.5) is 0 Å². The molecule has 0 saturated heterocycles. The number of hydrogen-bond donors (Lipinski definition) is 1. The van der Waals surface area contributed by atoms with Crippen molar-refractivity contribution in [3.63, 3.8) is 0 Å². The van der Waals surface area contributed by atoms with Crippen LogP contribution < -0.4 is 0 Å². The third-order valence-corrected chi connectivity index (χ3v) is 3.14. The Morgan fingerprint density at radius 1 is 1.57 bits per heavy atom. The van der Waals surface area contributed by atoms with E-state index in [2.05, 4.69) is 19.9 Å². The first-order chi connectivity index (χ1) is 6.56. The van der Waals surface area contributed by atoms with Gasteiger partial charge in [0.1, 0.15) is 0 Å². The molecule has 14 heavy (non-hydrogen) atoms. The monoisotopic (exact) mass is 195 g/mol. The molecule has 80 valence electrons. The second-order valence-corrected chi connectivity index (χ2v) is 5.15. The van der Waals surface area contributed by atoms with Gasteiger partial charge in [-0.1, -0.05) is 26.7 Å². The van der Waals surface area contributed by atoms with Gasteiger partial charge in [-0.2, -0.15) is 5.26 Å². The van der Waals surface area contributed by atoms with E-state index in [1.54, 1.807) is 0 Å². The number of nitrogens with zero attached hydrogens (tertiary/aromatic N) is 1. The van der Waals surface area contributed by atoms with Gasteiger partial charge < -0.3 is 5.11 Å². The van der Waals surface area contributed by atoms with Crippen molar-refractivity contribution in [1.29, 1.82) is 5.26 Å². The summed E-state index contributed by atoms with van der Waals surface area (Å²) in [6.45, 7) is 4.44. The first-order valence-electron chi connectivity index (χ1n) is 5.65. The average molecular weight is 195 g/mol. The van der Waals surface area contributed by atoms with Crippen LogP contribution in [0.5, 0.6) is 0 Å². The number of rotatable bonds is 3. The first kappa shape index (κ1) is 11.5. The van der Waals surface area contributed by atoms with E-state index in [0.717, 1.165) is 19.3 Å². The summed E-state index contributed by atoms with van der Waals surface area (Å²) >= 11 is 0. The van der Waals surface area contributed by atoms with Gasteiger partial charge in [0.15, 0.2) is 0 Å². The van der Waals surface area contributed by atoms with Crippen LogP contribution in [0.25, 0.3) is 0 Å². The number of aliphatic hydroxyl groups is 1. The van der Waals surface area contributed by atoms with Gasteiger partial charge in [0.25, 0.3) is 0 Å². The Morgan fingerprint density at radius 3 is 2.86 bits per heavy atom. The van der Waals surface area contributed by atoms with Crippen molar-refractivity contribution in [2.45, 2.75) is 58.0 Å². The predicted molar refractivity (Wildman–Crippen MR) is 56.6 cm³/mol. The summed E-state index contributed by atoms with van der Waals surface area (Å²) in [5.74, 6) is 1.33. The Balaban J connectivity index is 2.47. The second kappa shape index (κ2) is 4.79. The zero-order valence-corrected chi connectivity index (χ0v) is 9.29. The molecule has 2 heteroatoms. The molecule has 2 unspecified atom stereocenters. The van der Waals surface area contributed by atoms with Crippen LogP contribution in [0.1, 0.15) is 52.4 Å². The molecule has 2 nitrogen and oxygen atoms in total. The molecule has 0 bridgehead atoms. The summed E-state index contributed by atoms with van der Waals surface area (Å²) < 4.78 is 0. The molecule has 0 aromatic heterocycles. The molecule has 0 heterocycles. The van der Waals surface area contributed by atoms with E-state index in [1.165, 1.54) is 12.8 Å². The fourth-order valence-corrected chi connectivity index (χ4v) is 2.64. The van der Waals surface area contributed by atoms with Crippen molar-refractivity contribution in [2.75, 3.05) is 0 Å². The molecule has 1 aliphatic rings. The minimum Gasteiger partial charge on any atom is -0.389 e. The molecule has 1 aliphatic carbocycles. The highest BCUT2D eigenvalue weighted by Crippen LogP contribution is 2.37. The largest absolute Gasteiger partial charge is 0.389 e. The molecule has 0 radical (unpaired) electrons. The van der Waals surface area contributed by atoms with Crippen LogP contribution in [-0.4, -0.2) is 10.7 Å². The van der Waals surface area contributed by atoms with E-state index < -0.39 is 5.60 Å². The minimum atomic E-state index is -0.674. The zero-order chi connectivity index (χ0) is 10.6. The van der Waals surface area contributed by atoms with Gasteiger partial charge in [0.05, 0.1) is 18.1 Å². The molecular weight excluding hydrogens is 174 g/mol. The molecule has 0 amide bonds. The van der Waals surface area contributed by atoms with E-state index in [-0.39, 0.29) is 0 Å². The van der Waals surface area contributed by atoms with Gasteiger partial charge in [0, 0.05) is 0 Å². The summed E-state index contributed by atoms with van der Waals surface area (Å²) in [6, 6.07) is 2.10. The molecule has 1 N–H and O–H groups in total. The highest BCUT2D eigenvalue weighted by molar-refractivity contribution is 4.93. The minimum absolute atomic E-state index is 0.307. The third kappa shape index (κ3) is 3.31. The fourth-order valence-electron chi connectivity index (χ4n) is 2.64. The lowest BCUT2D eigenvalue weighted by molar-refractivity contribution is -0.0152. The standard InChI is InChI=1S/C12H21NO/c1-10(2)8-11-4-3-5-12(14,9-11)6-7-13/h10-11,14H,3-6,8-9H2,1-2H3. The summed E-state index contributed by atoms with van der Waals surface area (Å²) in [5, 5.41) is 18.8. The average Bonchev–Trinajstić information content (AvgIpc) is 2.02. The zero-order valence-electron chi connectivity index (χ0n) is 9.29. The Morgan fingerprint density at radius 2 is 2.29 bits per heavy atom. The Kier molecular flexibility index (Phi) is 3.95. The Labute approximate surface area is 86.9 Å². The predicted octanol–water partition coefficient (Wildman–Crippen LogP) is 2.87. The molecule has 0 aromatic rings. The van der Waals surface area contributed by atoms with E-state index in [0.29, 0.717) is 18.3 Å². The van der Waals surface area contributed by atoms with Gasteiger partial charge in [-0.05, 0) is 31.1 Å². The highest BCUT2D eigenvalue weighted by atomic mass is 16.3. The number of hydrogen-bond acceptors (Lipinski definition) is 2. The van der Waals surface area contributed by atoms with Crippen LogP contribution in [0.15, 0.2) is 0 Å². The summed E-state index contributed by atoms with van der Waals surface area (Å²) in [4.78, 5) is 0. The topological polar surface area (TPSA) is 44.0 Å². The van der Waals surface area contributed by atoms with E-state index in [9.17, 15) is 5.11 Å². The van der Waals surface area contributed by atoms with Crippen LogP contribution in [0, 0.1) is 23.2 Å². The summed E-state index contributed by atoms with van der Waals surface area (Å²) in [6.07, 6.45) is 5.45. The van der Waals surface area contributed by atoms with Crippen molar-refractivity contribution in [2.24, 2.45) is 11.8 Å². The van der Waals surface area contributed by atoms with E-state index in [4.69, 9.17) is 5.26 Å². The lowest BCUT2D eigenvalue weighted by atomic mass is 9.74. The van der Waals surface area contributed by atoms with Crippen LogP contribution in [-0.2, 0) is 0 Å². The maximum absolute atomic E-state index is 10.1. The molecule has 0 aromatic carbocycles. The maximum atomic E-state index is 10.1. The maximum Gasteiger partial charge on any atom is 0.0779 e. The van der Waals surface area contributed by atoms with Crippen molar-refractivity contribution >= 4 is 0 Å². The van der Waals surface area contributed by atoms with E-state index in [1.807, 2.05) is 0 Å². The van der Waals surface area contributed by atoms with Gasteiger partial charge in [-0.15, -0.1) is 0 Å². The third-order valence-electron chi connectivity index (χ3n) is 3.14. The molecule has 1 saturated carbocycles. The smallest absolute Gasteiger partial charge is 0.0779 e. The molecule has 0 aliphatic heterocycles. The molecule has 1 rings (SSSR count). The number of nitriles is 1. The first-order valence-corrected chi connectivity index (χ1v) is 5.65. The van der Waals surface area contributed by atoms with Crippen molar-refractivity contribution < 1.29 is 5.11 Å². The second-order valence-electron chi connectivity index (χ2n) is 5.15. The molecular formula is C12H21NO. The van der Waals surface area contributed by atoms with Crippen LogP contribution >= 0.6 is 0 Å². The van der Waals surface area contributed by atoms with E-state index >= 15 is 0 Å². The van der Waals surface area contributed by atoms with Crippen LogP contribution in [0.2, 0.25) is 0 Å². The summed E-state index contributed by atoms with van der Waals surface area (Å²) in [5.41, 5.74) is -0.674. The Hall–Kier alpha value is -0.550. The summed E-state index contributed by atoms with van der Waals surface area (Å²) in [7, 11) is 0. The molecule has 0 spiro atoms. The SMILES string of the molecule is CC(C)CC1CCCC(O)(CC#N)C1. The fraction of sp³-hybridized carbons (Fsp3) is 0.917. The van der Waals surface area contributed by atoms with Gasteiger partial charge >= 0.3 is 0 Å². The molecule has 1 fully saturated rings. The lowest BCUT2D eigenvalue weighted by Crippen LogP contribution is -2.35. The molecule has 2 atom stereocenters. The van der Waals surface area contributed by atoms with Crippen LogP contribution in [0.3, 0.4) is 0 Å². The highest BCUT2D eigenvalue weighted by Gasteiger charge is 2.34. The van der Waals surface area contributed by atoms with Gasteiger partial charge in [0.2, 0.25) is 0 Å². The van der Waals surface area contributed by atoms with Crippen molar-refractivity contribution in [1.82, 2.24) is 0 Å². The van der Waals surface area contributed by atoms with Gasteiger partial charge in [-0.3, -0.25) is 0 Å². The van der Waals surface area contributed by atoms with Crippen molar-refractivity contribution in [3.05, 3.63) is 0 Å². The Bertz CT molecular complexity index is 219. The van der Waals surface area contributed by atoms with Gasteiger partial charge in [-0.25, -0.2) is 0 Å².